The first kappa shape index (κ1) is 29.8. The van der Waals surface area contributed by atoms with Crippen molar-refractivity contribution in [2.45, 2.75) is 82.0 Å². The maximum Gasteiger partial charge on any atom is 0.326 e. The number of carboxylic acid groups (broad SMARTS) is 3. The van der Waals surface area contributed by atoms with Crippen molar-refractivity contribution < 1.29 is 44.1 Å². The van der Waals surface area contributed by atoms with Crippen molar-refractivity contribution in [3.05, 3.63) is 0 Å². The molecule has 0 aliphatic carbocycles. The molecule has 0 saturated carbocycles. The van der Waals surface area contributed by atoms with Gasteiger partial charge in [-0.15, -0.1) is 0 Å². The Hall–Kier alpha value is -3.26. The summed E-state index contributed by atoms with van der Waals surface area (Å²) >= 11 is 0. The van der Waals surface area contributed by atoms with Gasteiger partial charge in [-0.3, -0.25) is 24.0 Å². The lowest BCUT2D eigenvalue weighted by Gasteiger charge is -2.28. The highest BCUT2D eigenvalue weighted by Crippen LogP contribution is 2.20. The zero-order chi connectivity index (χ0) is 26.5. The Morgan fingerprint density at radius 1 is 0.886 bits per heavy atom. The van der Waals surface area contributed by atoms with Gasteiger partial charge in [0, 0.05) is 19.4 Å². The number of aliphatic carboxylic acids is 3. The van der Waals surface area contributed by atoms with Crippen molar-refractivity contribution in [1.82, 2.24) is 15.5 Å². The lowest BCUT2D eigenvalue weighted by atomic mass is 10.1. The van der Waals surface area contributed by atoms with Crippen molar-refractivity contribution in [3.8, 4) is 0 Å². The fraction of sp³-hybridized carbons (Fsp3) is 0.714. The summed E-state index contributed by atoms with van der Waals surface area (Å²) in [5, 5.41) is 31.6. The van der Waals surface area contributed by atoms with E-state index in [9.17, 15) is 33.9 Å². The van der Waals surface area contributed by atoms with E-state index >= 15 is 0 Å². The molecule has 1 fully saturated rings. The Bertz CT molecular complexity index is 791. The van der Waals surface area contributed by atoms with Gasteiger partial charge in [-0.25, -0.2) is 4.79 Å². The zero-order valence-electron chi connectivity index (χ0n) is 19.5. The monoisotopic (exact) mass is 501 g/mol. The Balaban J connectivity index is 2.90. The molecular formula is C21H35N5O9. The maximum atomic E-state index is 13.0. The normalized spacial score (nSPS) is 17.8. The molecule has 0 radical (unpaired) electrons. The van der Waals surface area contributed by atoms with E-state index in [-0.39, 0.29) is 6.42 Å². The molecular weight excluding hydrogens is 466 g/mol. The van der Waals surface area contributed by atoms with Gasteiger partial charge in [0.15, 0.2) is 0 Å². The molecule has 0 aromatic heterocycles. The standard InChI is InChI=1S/C21H35N5O9/c22-10-2-1-4-12(23)20(33)26-11-3-5-15(26)19(32)24-13(6-8-16(27)28)18(31)25-14(21(34)35)7-9-17(29)30/h12-15H,1-11,22-23H2,(H,24,32)(H,25,31)(H,27,28)(H,29,30)(H,34,35). The van der Waals surface area contributed by atoms with E-state index in [1.165, 1.54) is 4.90 Å². The molecule has 1 rings (SSSR count). The first-order chi connectivity index (χ1) is 16.5. The maximum absolute atomic E-state index is 13.0. The topological polar surface area (TPSA) is 242 Å². The first-order valence-corrected chi connectivity index (χ1v) is 11.5. The van der Waals surface area contributed by atoms with Crippen molar-refractivity contribution in [2.24, 2.45) is 11.5 Å². The predicted octanol–water partition coefficient (Wildman–Crippen LogP) is -1.78. The number of nitrogens with one attached hydrogen (secondary N) is 2. The van der Waals surface area contributed by atoms with Crippen LogP contribution in [0.25, 0.3) is 0 Å². The minimum atomic E-state index is -1.54. The summed E-state index contributed by atoms with van der Waals surface area (Å²) < 4.78 is 0. The Morgan fingerprint density at radius 3 is 2.03 bits per heavy atom. The molecule has 14 nitrogen and oxygen atoms in total. The lowest BCUT2D eigenvalue weighted by Crippen LogP contribution is -2.56. The number of nitrogens with zero attached hydrogens (tertiary/aromatic N) is 1. The molecule has 0 spiro atoms. The van der Waals surface area contributed by atoms with E-state index in [0.717, 1.165) is 0 Å². The van der Waals surface area contributed by atoms with Crippen LogP contribution in [-0.2, 0) is 28.8 Å². The number of rotatable bonds is 16. The van der Waals surface area contributed by atoms with Crippen LogP contribution in [0.15, 0.2) is 0 Å². The molecule has 0 bridgehead atoms. The predicted molar refractivity (Wildman–Crippen MR) is 121 cm³/mol. The summed E-state index contributed by atoms with van der Waals surface area (Å²) in [6.45, 7) is 0.762. The highest BCUT2D eigenvalue weighted by Gasteiger charge is 2.38. The fourth-order valence-corrected chi connectivity index (χ4v) is 3.75. The smallest absolute Gasteiger partial charge is 0.326 e. The number of carbonyl (C=O) groups is 6. The van der Waals surface area contributed by atoms with Crippen LogP contribution in [0.5, 0.6) is 0 Å². The van der Waals surface area contributed by atoms with Gasteiger partial charge < -0.3 is 42.3 Å². The van der Waals surface area contributed by atoms with E-state index in [2.05, 4.69) is 10.6 Å². The number of amides is 3. The van der Waals surface area contributed by atoms with Crippen molar-refractivity contribution in [1.29, 1.82) is 0 Å². The van der Waals surface area contributed by atoms with Crippen molar-refractivity contribution in [3.63, 3.8) is 0 Å². The number of likely N-dealkylation sites (tertiary alicyclic amines) is 1. The number of hydrogen-bond acceptors (Lipinski definition) is 8. The van der Waals surface area contributed by atoms with E-state index in [1.54, 1.807) is 0 Å². The summed E-state index contributed by atoms with van der Waals surface area (Å²) in [4.78, 5) is 72.9. The third kappa shape index (κ3) is 10.3. The molecule has 9 N–H and O–H groups in total. The number of nitrogens with two attached hydrogens (primary N) is 2. The van der Waals surface area contributed by atoms with Crippen LogP contribution in [-0.4, -0.2) is 93.1 Å². The van der Waals surface area contributed by atoms with Crippen LogP contribution < -0.4 is 22.1 Å². The lowest BCUT2D eigenvalue weighted by molar-refractivity contribution is -0.144. The Kier molecular flexibility index (Phi) is 12.7. The molecule has 0 aromatic rings. The average molecular weight is 502 g/mol. The van der Waals surface area contributed by atoms with Crippen LogP contribution in [0.3, 0.4) is 0 Å². The molecule has 1 aliphatic heterocycles. The van der Waals surface area contributed by atoms with Gasteiger partial charge >= 0.3 is 17.9 Å². The molecule has 14 heteroatoms. The van der Waals surface area contributed by atoms with Crippen molar-refractivity contribution in [2.75, 3.05) is 13.1 Å². The molecule has 35 heavy (non-hydrogen) atoms. The molecule has 4 atom stereocenters. The number of hydrogen-bond donors (Lipinski definition) is 7. The van der Waals surface area contributed by atoms with Gasteiger partial charge in [0.1, 0.15) is 18.1 Å². The van der Waals surface area contributed by atoms with Gasteiger partial charge in [-0.1, -0.05) is 6.42 Å². The zero-order valence-corrected chi connectivity index (χ0v) is 19.5. The van der Waals surface area contributed by atoms with Gasteiger partial charge in [0.2, 0.25) is 17.7 Å². The SMILES string of the molecule is NCCCCC(N)C(=O)N1CCCC1C(=O)NC(CCC(=O)O)C(=O)NC(CCC(=O)O)C(=O)O. The highest BCUT2D eigenvalue weighted by molar-refractivity contribution is 5.94. The largest absolute Gasteiger partial charge is 0.481 e. The third-order valence-corrected chi connectivity index (χ3v) is 5.67. The summed E-state index contributed by atoms with van der Waals surface area (Å²) in [6, 6.07) is -4.67. The average Bonchev–Trinajstić information content (AvgIpc) is 3.28. The summed E-state index contributed by atoms with van der Waals surface area (Å²) in [6.07, 6.45) is 0.849. The third-order valence-electron chi connectivity index (χ3n) is 5.67. The number of carbonyl (C=O) groups excluding carboxylic acids is 3. The molecule has 0 aromatic carbocycles. The quantitative estimate of drug-likeness (QED) is 0.116. The second kappa shape index (κ2) is 14.9. The van der Waals surface area contributed by atoms with Gasteiger partial charge in [0.05, 0.1) is 6.04 Å². The van der Waals surface area contributed by atoms with Crippen LogP contribution in [0.1, 0.15) is 57.8 Å². The molecule has 198 valence electrons. The second-order valence-electron chi connectivity index (χ2n) is 8.41. The van der Waals surface area contributed by atoms with Crippen LogP contribution >= 0.6 is 0 Å². The van der Waals surface area contributed by atoms with Crippen molar-refractivity contribution >= 4 is 35.6 Å². The van der Waals surface area contributed by atoms with Gasteiger partial charge in [-0.2, -0.15) is 0 Å². The van der Waals surface area contributed by atoms with E-state index in [4.69, 9.17) is 21.7 Å². The van der Waals surface area contributed by atoms with Crippen LogP contribution in [0, 0.1) is 0 Å². The molecule has 4 unspecified atom stereocenters. The molecule has 1 aliphatic rings. The Labute approximate surface area is 202 Å². The van der Waals surface area contributed by atoms with Gasteiger partial charge in [0.25, 0.3) is 0 Å². The molecule has 1 heterocycles. The highest BCUT2D eigenvalue weighted by atomic mass is 16.4. The minimum absolute atomic E-state index is 0.295. The molecule has 1 saturated heterocycles. The second-order valence-corrected chi connectivity index (χ2v) is 8.41. The van der Waals surface area contributed by atoms with E-state index in [0.29, 0.717) is 45.2 Å². The van der Waals surface area contributed by atoms with E-state index in [1.807, 2.05) is 0 Å². The number of carboxylic acids is 3. The fourth-order valence-electron chi connectivity index (χ4n) is 3.75. The summed E-state index contributed by atoms with van der Waals surface area (Å²) in [5.41, 5.74) is 11.4. The Morgan fingerprint density at radius 2 is 1.49 bits per heavy atom. The number of unbranched alkanes of at least 4 members (excludes halogenated alkanes) is 1. The summed E-state index contributed by atoms with van der Waals surface area (Å²) in [7, 11) is 0. The van der Waals surface area contributed by atoms with E-state index < -0.39 is 79.1 Å². The van der Waals surface area contributed by atoms with Gasteiger partial charge in [-0.05, 0) is 45.1 Å². The first-order valence-electron chi connectivity index (χ1n) is 11.5. The van der Waals surface area contributed by atoms with Crippen LogP contribution in [0.2, 0.25) is 0 Å². The van der Waals surface area contributed by atoms with Crippen LogP contribution in [0.4, 0.5) is 0 Å². The summed E-state index contributed by atoms with van der Waals surface area (Å²) in [5.74, 6) is -6.03. The molecule has 3 amide bonds. The minimum Gasteiger partial charge on any atom is -0.481 e.